The van der Waals surface area contributed by atoms with Gasteiger partial charge in [-0.2, -0.15) is 0 Å². The maximum atomic E-state index is 12.1. The van der Waals surface area contributed by atoms with E-state index in [1.807, 2.05) is 0 Å². The second-order valence-electron chi connectivity index (χ2n) is 11.2. The van der Waals surface area contributed by atoms with Gasteiger partial charge >= 0.3 is 0 Å². The average Bonchev–Trinajstić information content (AvgIpc) is 3.01. The van der Waals surface area contributed by atoms with Gasteiger partial charge in [-0.15, -0.1) is 0 Å². The van der Waals surface area contributed by atoms with Crippen LogP contribution in [0.25, 0.3) is 0 Å². The summed E-state index contributed by atoms with van der Waals surface area (Å²) in [4.78, 5) is 47.2. The Kier molecular flexibility index (Phi) is 17.8. The van der Waals surface area contributed by atoms with Gasteiger partial charge in [-0.3, -0.25) is 19.2 Å². The largest absolute Gasteiger partial charge is 0.394 e. The molecule has 2 heterocycles. The van der Waals surface area contributed by atoms with Crippen molar-refractivity contribution in [2.45, 2.75) is 114 Å². The van der Waals surface area contributed by atoms with Crippen molar-refractivity contribution in [2.24, 2.45) is 0 Å². The van der Waals surface area contributed by atoms with Crippen molar-refractivity contribution >= 4 is 23.6 Å². The summed E-state index contributed by atoms with van der Waals surface area (Å²) in [7, 11) is 0. The minimum absolute atomic E-state index is 0.133. The monoisotopic (exact) mass is 666 g/mol. The van der Waals surface area contributed by atoms with E-state index in [9.17, 15) is 49.8 Å². The molecule has 0 spiro atoms. The highest BCUT2D eigenvalue weighted by Crippen LogP contribution is 2.23. The molecule has 10 atom stereocenters. The number of unbranched alkanes of at least 4 members (excludes halogenated alkanes) is 2. The molecular weight excluding hydrogens is 616 g/mol. The van der Waals surface area contributed by atoms with Crippen LogP contribution < -0.4 is 21.3 Å². The zero-order valence-corrected chi connectivity index (χ0v) is 26.2. The molecule has 266 valence electrons. The summed E-state index contributed by atoms with van der Waals surface area (Å²) in [5.41, 5.74) is 0. The first-order valence-electron chi connectivity index (χ1n) is 15.4. The first kappa shape index (κ1) is 39.7. The molecule has 5 unspecified atom stereocenters. The van der Waals surface area contributed by atoms with Crippen molar-refractivity contribution in [1.82, 2.24) is 21.3 Å². The molecule has 18 heteroatoms. The van der Waals surface area contributed by atoms with Crippen LogP contribution in [0.15, 0.2) is 0 Å². The summed E-state index contributed by atoms with van der Waals surface area (Å²) in [5, 5.41) is 69.7. The van der Waals surface area contributed by atoms with Gasteiger partial charge in [0.2, 0.25) is 23.6 Å². The van der Waals surface area contributed by atoms with Crippen LogP contribution in [0.4, 0.5) is 0 Å². The number of hydrogen-bond acceptors (Lipinski definition) is 14. The summed E-state index contributed by atoms with van der Waals surface area (Å²) >= 11 is 0. The van der Waals surface area contributed by atoms with E-state index < -0.39 is 86.3 Å². The lowest BCUT2D eigenvalue weighted by molar-refractivity contribution is -0.270. The minimum atomic E-state index is -1.40. The Morgan fingerprint density at radius 3 is 1.30 bits per heavy atom. The fourth-order valence-corrected chi connectivity index (χ4v) is 4.98. The molecule has 2 aliphatic heterocycles. The van der Waals surface area contributed by atoms with Gasteiger partial charge in [0.05, 0.1) is 13.2 Å². The maximum absolute atomic E-state index is 12.1. The molecule has 2 saturated heterocycles. The fourth-order valence-electron chi connectivity index (χ4n) is 4.98. The summed E-state index contributed by atoms with van der Waals surface area (Å²) in [5.74, 6) is -1.36. The first-order valence-corrected chi connectivity index (χ1v) is 15.4. The quantitative estimate of drug-likeness (QED) is 0.0582. The lowest BCUT2D eigenvalue weighted by atomic mass is 9.97. The Morgan fingerprint density at radius 2 is 0.978 bits per heavy atom. The van der Waals surface area contributed by atoms with Crippen molar-refractivity contribution in [3.8, 4) is 0 Å². The van der Waals surface area contributed by atoms with Gasteiger partial charge in [0.25, 0.3) is 0 Å². The van der Waals surface area contributed by atoms with Crippen LogP contribution in [0.3, 0.4) is 0 Å². The van der Waals surface area contributed by atoms with Crippen LogP contribution >= 0.6 is 0 Å². The van der Waals surface area contributed by atoms with E-state index >= 15 is 0 Å². The predicted molar refractivity (Wildman–Crippen MR) is 156 cm³/mol. The van der Waals surface area contributed by atoms with Crippen molar-refractivity contribution in [3.63, 3.8) is 0 Å². The number of nitrogens with one attached hydrogen (secondary N) is 4. The molecule has 0 aromatic heterocycles. The number of ether oxygens (including phenoxy) is 4. The third-order valence-electron chi connectivity index (χ3n) is 7.43. The van der Waals surface area contributed by atoms with Crippen LogP contribution in [-0.4, -0.2) is 155 Å². The van der Waals surface area contributed by atoms with Crippen molar-refractivity contribution in [1.29, 1.82) is 0 Å². The molecule has 0 bridgehead atoms. The SMILES string of the molecule is CC(=O)NC1C(O)[C@@H](O)C(CO)O[C@H]1OCCCCC(=O)NCCNC(=O)CCCCO[C@@H]1OC(CO)[C@H](O)[C@H](O)C1NC(C)=O. The molecule has 2 aliphatic rings. The zero-order chi connectivity index (χ0) is 34.2. The Hall–Kier alpha value is -2.52. The van der Waals surface area contributed by atoms with Crippen LogP contribution in [-0.2, 0) is 38.1 Å². The van der Waals surface area contributed by atoms with Crippen molar-refractivity contribution in [3.05, 3.63) is 0 Å². The molecular formula is C28H50N4O14. The number of hydrogen-bond donors (Lipinski definition) is 10. The van der Waals surface area contributed by atoms with Crippen molar-refractivity contribution < 1.29 is 68.8 Å². The Labute approximate surface area is 267 Å². The van der Waals surface area contributed by atoms with E-state index in [2.05, 4.69) is 21.3 Å². The van der Waals surface area contributed by atoms with Crippen LogP contribution in [0, 0.1) is 0 Å². The van der Waals surface area contributed by atoms with E-state index in [1.165, 1.54) is 13.8 Å². The molecule has 18 nitrogen and oxygen atoms in total. The smallest absolute Gasteiger partial charge is 0.220 e. The number of amides is 4. The molecule has 0 aromatic carbocycles. The Balaban J connectivity index is 1.55. The summed E-state index contributed by atoms with van der Waals surface area (Å²) in [6.45, 7) is 2.11. The third kappa shape index (κ3) is 12.9. The number of aliphatic hydroxyl groups is 6. The first-order chi connectivity index (χ1) is 21.9. The number of aliphatic hydroxyl groups excluding tert-OH is 6. The van der Waals surface area contributed by atoms with E-state index in [0.717, 1.165) is 0 Å². The van der Waals surface area contributed by atoms with Gasteiger partial charge in [0, 0.05) is 53.0 Å². The van der Waals surface area contributed by atoms with Crippen LogP contribution in [0.1, 0.15) is 52.4 Å². The van der Waals surface area contributed by atoms with E-state index in [1.54, 1.807) is 0 Å². The maximum Gasteiger partial charge on any atom is 0.220 e. The Bertz CT molecular complexity index is 887. The van der Waals surface area contributed by atoms with Crippen LogP contribution in [0.2, 0.25) is 0 Å². The summed E-state index contributed by atoms with van der Waals surface area (Å²) in [6, 6.07) is -2.07. The van der Waals surface area contributed by atoms with E-state index in [-0.39, 0.29) is 51.0 Å². The van der Waals surface area contributed by atoms with Gasteiger partial charge in [0.1, 0.15) is 48.7 Å². The fraction of sp³-hybridized carbons (Fsp3) is 0.857. The number of rotatable bonds is 19. The predicted octanol–water partition coefficient (Wildman–Crippen LogP) is -4.52. The average molecular weight is 667 g/mol. The molecule has 2 fully saturated rings. The highest BCUT2D eigenvalue weighted by molar-refractivity contribution is 5.77. The zero-order valence-electron chi connectivity index (χ0n) is 26.2. The van der Waals surface area contributed by atoms with E-state index in [4.69, 9.17) is 18.9 Å². The molecule has 10 N–H and O–H groups in total. The molecule has 2 rings (SSSR count). The molecule has 0 aliphatic carbocycles. The van der Waals surface area contributed by atoms with E-state index in [0.29, 0.717) is 25.7 Å². The minimum Gasteiger partial charge on any atom is -0.394 e. The number of carbonyl (C=O) groups excluding carboxylic acids is 4. The van der Waals surface area contributed by atoms with Gasteiger partial charge in [-0.05, 0) is 25.7 Å². The second-order valence-corrected chi connectivity index (χ2v) is 11.2. The van der Waals surface area contributed by atoms with Gasteiger partial charge in [-0.25, -0.2) is 0 Å². The normalized spacial score (nSPS) is 31.1. The molecule has 46 heavy (non-hydrogen) atoms. The molecule has 4 amide bonds. The highest BCUT2D eigenvalue weighted by Gasteiger charge is 2.46. The summed E-state index contributed by atoms with van der Waals surface area (Å²) < 4.78 is 22.2. The van der Waals surface area contributed by atoms with Crippen molar-refractivity contribution in [2.75, 3.05) is 39.5 Å². The topological polar surface area (TPSA) is 275 Å². The lowest BCUT2D eigenvalue weighted by Gasteiger charge is -2.42. The van der Waals surface area contributed by atoms with Gasteiger partial charge < -0.3 is 70.9 Å². The molecule has 0 radical (unpaired) electrons. The van der Waals surface area contributed by atoms with Gasteiger partial charge in [0.15, 0.2) is 12.6 Å². The summed E-state index contributed by atoms with van der Waals surface area (Å²) in [6.07, 6.45) is -7.74. The Morgan fingerprint density at radius 1 is 0.609 bits per heavy atom. The number of carbonyl (C=O) groups is 4. The highest BCUT2D eigenvalue weighted by atomic mass is 16.7. The van der Waals surface area contributed by atoms with Gasteiger partial charge in [-0.1, -0.05) is 0 Å². The lowest BCUT2D eigenvalue weighted by Crippen LogP contribution is -2.64. The second kappa shape index (κ2) is 20.7. The third-order valence-corrected chi connectivity index (χ3v) is 7.43. The standard InChI is InChI=1S/C28H50N4O14/c1-15(35)31-21-25(41)23(39)17(13-33)45-27(21)43-11-5-3-7-19(37)29-9-10-30-20(38)8-4-6-12-44-28-22(32-16(2)36)26(42)24(40)18(14-34)46-28/h17-18,21-28,33-34,39-42H,3-14H2,1-2H3,(H,29,37)(H,30,38)(H,31,35)(H,32,36)/t17?,18?,21?,22?,23-,24-,25+,26?,27+,28+/m0/s1. The molecule has 0 saturated carbocycles. The van der Waals surface area contributed by atoms with Crippen LogP contribution in [0.5, 0.6) is 0 Å². The molecule has 0 aromatic rings.